The van der Waals surface area contributed by atoms with Crippen LogP contribution >= 0.6 is 0 Å². The minimum absolute atomic E-state index is 0.437. The van der Waals surface area contributed by atoms with Crippen LogP contribution in [0.2, 0.25) is 0 Å². The van der Waals surface area contributed by atoms with Gasteiger partial charge in [-0.25, -0.2) is 15.0 Å². The maximum atomic E-state index is 10.5. The third-order valence-corrected chi connectivity index (χ3v) is 8.32. The Kier molecular flexibility index (Phi) is 6.80. The van der Waals surface area contributed by atoms with Gasteiger partial charge in [-0.05, 0) is 59.7 Å². The first kappa shape index (κ1) is 27.6. The van der Waals surface area contributed by atoms with Gasteiger partial charge in [-0.15, -0.1) is 0 Å². The average Bonchev–Trinajstić information content (AvgIpc) is 3.49. The Bertz CT molecular complexity index is 2480. The standard InChI is InChI=1S/C41H24N6/c42-25-27-10-9-15-30(22-27)31-18-21-38-36(24-31)35-16-7-8-17-37(35)47(38)33-19-20-34(32(23-33)26-43)41-45-39(28-11-3-1-4-12-28)44-40(46-41)29-13-5-2-6-14-29/h1-24H. The number of hydrogen-bond donors (Lipinski definition) is 0. The quantitative estimate of drug-likeness (QED) is 0.196. The summed E-state index contributed by atoms with van der Waals surface area (Å²) < 4.78 is 2.18. The summed E-state index contributed by atoms with van der Waals surface area (Å²) in [7, 11) is 0. The number of nitrogens with zero attached hydrogens (tertiary/aromatic N) is 6. The van der Waals surface area contributed by atoms with Crippen LogP contribution in [0, 0.1) is 22.7 Å². The first-order chi connectivity index (χ1) is 23.2. The molecule has 0 spiro atoms. The summed E-state index contributed by atoms with van der Waals surface area (Å²) in [4.78, 5) is 14.5. The molecule has 0 N–H and O–H groups in total. The highest BCUT2D eigenvalue weighted by molar-refractivity contribution is 6.10. The molecule has 0 fully saturated rings. The van der Waals surface area contributed by atoms with Crippen LogP contribution in [0.25, 0.3) is 72.8 Å². The molecule has 2 heterocycles. The predicted octanol–water partition coefficient (Wildman–Crippen LogP) is 9.38. The molecule has 6 aromatic carbocycles. The van der Waals surface area contributed by atoms with Crippen molar-refractivity contribution in [2.45, 2.75) is 0 Å². The van der Waals surface area contributed by atoms with E-state index in [1.165, 1.54) is 0 Å². The highest BCUT2D eigenvalue weighted by Gasteiger charge is 2.18. The van der Waals surface area contributed by atoms with Gasteiger partial charge < -0.3 is 4.57 Å². The minimum Gasteiger partial charge on any atom is -0.309 e. The second kappa shape index (κ2) is 11.6. The van der Waals surface area contributed by atoms with Crippen molar-refractivity contribution in [3.8, 4) is 63.1 Å². The van der Waals surface area contributed by atoms with Gasteiger partial charge in [0.05, 0.1) is 34.3 Å². The summed E-state index contributed by atoms with van der Waals surface area (Å²) >= 11 is 0. The third-order valence-electron chi connectivity index (χ3n) is 8.32. The van der Waals surface area contributed by atoms with Crippen molar-refractivity contribution in [3.63, 3.8) is 0 Å². The highest BCUT2D eigenvalue weighted by Crippen LogP contribution is 2.36. The zero-order valence-corrected chi connectivity index (χ0v) is 25.0. The Hall–Kier alpha value is -6.89. The molecule has 0 saturated heterocycles. The molecule has 0 amide bonds. The van der Waals surface area contributed by atoms with Crippen LogP contribution in [-0.4, -0.2) is 19.5 Å². The van der Waals surface area contributed by atoms with Gasteiger partial charge in [0.25, 0.3) is 0 Å². The maximum absolute atomic E-state index is 10.5. The summed E-state index contributed by atoms with van der Waals surface area (Å²) in [5.41, 5.74) is 8.37. The van der Waals surface area contributed by atoms with E-state index in [4.69, 9.17) is 15.0 Å². The summed E-state index contributed by atoms with van der Waals surface area (Å²) in [5.74, 6) is 1.52. The molecular formula is C41H24N6. The van der Waals surface area contributed by atoms with E-state index < -0.39 is 0 Å². The van der Waals surface area contributed by atoms with E-state index in [2.05, 4.69) is 47.0 Å². The zero-order chi connectivity index (χ0) is 31.7. The smallest absolute Gasteiger partial charge is 0.165 e. The average molecular weight is 601 g/mol. The van der Waals surface area contributed by atoms with Crippen molar-refractivity contribution in [1.29, 1.82) is 10.5 Å². The third kappa shape index (κ3) is 4.97. The first-order valence-corrected chi connectivity index (χ1v) is 15.2. The number of rotatable bonds is 5. The van der Waals surface area contributed by atoms with E-state index in [-0.39, 0.29) is 0 Å². The molecule has 218 valence electrons. The van der Waals surface area contributed by atoms with Gasteiger partial charge in [-0.3, -0.25) is 0 Å². The molecule has 0 saturated carbocycles. The van der Waals surface area contributed by atoms with Crippen molar-refractivity contribution in [1.82, 2.24) is 19.5 Å². The van der Waals surface area contributed by atoms with E-state index in [0.29, 0.717) is 34.2 Å². The molecule has 0 radical (unpaired) electrons. The lowest BCUT2D eigenvalue weighted by atomic mass is 10.0. The van der Waals surface area contributed by atoms with Crippen molar-refractivity contribution in [3.05, 3.63) is 157 Å². The SMILES string of the molecule is N#Cc1cccc(-c2ccc3c(c2)c2ccccc2n3-c2ccc(-c3nc(-c4ccccc4)nc(-c4ccccc4)n3)c(C#N)c2)c1. The molecule has 2 aromatic heterocycles. The molecule has 0 atom stereocenters. The van der Waals surface area contributed by atoms with Crippen molar-refractivity contribution < 1.29 is 0 Å². The minimum atomic E-state index is 0.437. The van der Waals surface area contributed by atoms with E-state index in [1.807, 2.05) is 115 Å². The summed E-state index contributed by atoms with van der Waals surface area (Å²) in [5, 5.41) is 22.1. The summed E-state index contributed by atoms with van der Waals surface area (Å²) in [6, 6.07) is 52.4. The topological polar surface area (TPSA) is 91.2 Å². The normalized spacial score (nSPS) is 10.9. The molecule has 8 aromatic rings. The number of nitriles is 2. The Morgan fingerprint density at radius 3 is 1.77 bits per heavy atom. The maximum Gasteiger partial charge on any atom is 0.165 e. The predicted molar refractivity (Wildman–Crippen MR) is 185 cm³/mol. The van der Waals surface area contributed by atoms with Gasteiger partial charge in [-0.1, -0.05) is 97.1 Å². The lowest BCUT2D eigenvalue weighted by Gasteiger charge is -2.12. The summed E-state index contributed by atoms with van der Waals surface area (Å²) in [6.45, 7) is 0. The molecule has 6 nitrogen and oxygen atoms in total. The molecule has 0 aliphatic carbocycles. The molecule has 0 aliphatic heterocycles. The number of para-hydroxylation sites is 1. The van der Waals surface area contributed by atoms with E-state index in [1.54, 1.807) is 0 Å². The second-order valence-electron chi connectivity index (χ2n) is 11.2. The summed E-state index contributed by atoms with van der Waals surface area (Å²) in [6.07, 6.45) is 0. The van der Waals surface area contributed by atoms with Crippen LogP contribution in [-0.2, 0) is 0 Å². The van der Waals surface area contributed by atoms with Crippen LogP contribution < -0.4 is 0 Å². The second-order valence-corrected chi connectivity index (χ2v) is 11.2. The number of hydrogen-bond acceptors (Lipinski definition) is 5. The van der Waals surface area contributed by atoms with E-state index in [0.717, 1.165) is 49.7 Å². The molecule has 0 aliphatic rings. The fourth-order valence-corrected chi connectivity index (χ4v) is 6.09. The fourth-order valence-electron chi connectivity index (χ4n) is 6.09. The monoisotopic (exact) mass is 600 g/mol. The van der Waals surface area contributed by atoms with Crippen LogP contribution in [0.15, 0.2) is 146 Å². The van der Waals surface area contributed by atoms with E-state index in [9.17, 15) is 10.5 Å². The Morgan fingerprint density at radius 1 is 0.447 bits per heavy atom. The van der Waals surface area contributed by atoms with Crippen molar-refractivity contribution >= 4 is 21.8 Å². The number of fused-ring (bicyclic) bond motifs is 3. The van der Waals surface area contributed by atoms with Gasteiger partial charge in [0.1, 0.15) is 0 Å². The molecule has 0 bridgehead atoms. The fraction of sp³-hybridized carbons (Fsp3) is 0. The molecule has 6 heteroatoms. The Labute approximate surface area is 271 Å². The highest BCUT2D eigenvalue weighted by atomic mass is 15.0. The number of aromatic nitrogens is 4. The van der Waals surface area contributed by atoms with Crippen LogP contribution in [0.3, 0.4) is 0 Å². The number of benzene rings is 6. The Morgan fingerprint density at radius 2 is 1.06 bits per heavy atom. The zero-order valence-electron chi connectivity index (χ0n) is 25.0. The molecule has 47 heavy (non-hydrogen) atoms. The van der Waals surface area contributed by atoms with Crippen LogP contribution in [0.5, 0.6) is 0 Å². The van der Waals surface area contributed by atoms with Gasteiger partial charge in [-0.2, -0.15) is 10.5 Å². The van der Waals surface area contributed by atoms with Gasteiger partial charge in [0.2, 0.25) is 0 Å². The Balaban J connectivity index is 1.29. The largest absolute Gasteiger partial charge is 0.309 e. The van der Waals surface area contributed by atoms with Crippen LogP contribution in [0.1, 0.15) is 11.1 Å². The molecule has 0 unspecified atom stereocenters. The van der Waals surface area contributed by atoms with Crippen molar-refractivity contribution in [2.24, 2.45) is 0 Å². The lowest BCUT2D eigenvalue weighted by Crippen LogP contribution is -2.02. The van der Waals surface area contributed by atoms with Crippen LogP contribution in [0.4, 0.5) is 0 Å². The molecule has 8 rings (SSSR count). The first-order valence-electron chi connectivity index (χ1n) is 15.2. The van der Waals surface area contributed by atoms with Gasteiger partial charge >= 0.3 is 0 Å². The van der Waals surface area contributed by atoms with Gasteiger partial charge in [0, 0.05) is 33.2 Å². The van der Waals surface area contributed by atoms with E-state index >= 15 is 0 Å². The van der Waals surface area contributed by atoms with Gasteiger partial charge in [0.15, 0.2) is 17.5 Å². The molecular weight excluding hydrogens is 576 g/mol. The van der Waals surface area contributed by atoms with Crippen molar-refractivity contribution in [2.75, 3.05) is 0 Å². The lowest BCUT2D eigenvalue weighted by molar-refractivity contribution is 1.07.